The van der Waals surface area contributed by atoms with E-state index in [0.29, 0.717) is 5.41 Å². The van der Waals surface area contributed by atoms with E-state index >= 15 is 0 Å². The molecule has 0 aromatic rings. The number of hydrogen-bond donors (Lipinski definition) is 2. The fourth-order valence-corrected chi connectivity index (χ4v) is 3.66. The zero-order valence-electron chi connectivity index (χ0n) is 12.3. The van der Waals surface area contributed by atoms with Crippen LogP contribution in [0.25, 0.3) is 0 Å². The highest BCUT2D eigenvalue weighted by Crippen LogP contribution is 2.34. The van der Waals surface area contributed by atoms with Crippen molar-refractivity contribution in [1.29, 1.82) is 0 Å². The van der Waals surface area contributed by atoms with Crippen molar-refractivity contribution in [2.75, 3.05) is 26.2 Å². The highest BCUT2D eigenvalue weighted by Gasteiger charge is 2.25. The van der Waals surface area contributed by atoms with Gasteiger partial charge >= 0.3 is 0 Å². The summed E-state index contributed by atoms with van der Waals surface area (Å²) in [5, 5.41) is 7.23. The van der Waals surface area contributed by atoms with Crippen LogP contribution in [0, 0.1) is 11.3 Å². The molecule has 0 aromatic heterocycles. The molecule has 2 aliphatic rings. The van der Waals surface area contributed by atoms with Crippen molar-refractivity contribution in [3.05, 3.63) is 0 Å². The van der Waals surface area contributed by atoms with Gasteiger partial charge in [0.15, 0.2) is 0 Å². The third-order valence-electron chi connectivity index (χ3n) is 4.98. The standard InChI is InChI=1S/C16H32N2/c1-16(9-3-2-4-10-16)14-18-12-6-8-15-7-5-11-17-13-15/h15,17-18H,2-14H2,1H3. The molecular formula is C16H32N2. The molecule has 0 aromatic carbocycles. The van der Waals surface area contributed by atoms with Gasteiger partial charge in [-0.15, -0.1) is 0 Å². The molecular weight excluding hydrogens is 220 g/mol. The van der Waals surface area contributed by atoms with Crippen LogP contribution in [0.15, 0.2) is 0 Å². The van der Waals surface area contributed by atoms with Crippen molar-refractivity contribution in [2.24, 2.45) is 11.3 Å². The molecule has 2 nitrogen and oxygen atoms in total. The molecule has 1 aliphatic heterocycles. The first-order chi connectivity index (χ1) is 8.79. The Morgan fingerprint density at radius 3 is 2.72 bits per heavy atom. The van der Waals surface area contributed by atoms with E-state index < -0.39 is 0 Å². The lowest BCUT2D eigenvalue weighted by Crippen LogP contribution is -2.34. The van der Waals surface area contributed by atoms with Gasteiger partial charge < -0.3 is 10.6 Å². The molecule has 0 radical (unpaired) electrons. The molecule has 1 saturated heterocycles. The van der Waals surface area contributed by atoms with Gasteiger partial charge in [0.1, 0.15) is 0 Å². The number of rotatable bonds is 6. The molecule has 0 spiro atoms. The monoisotopic (exact) mass is 252 g/mol. The summed E-state index contributed by atoms with van der Waals surface area (Å²) in [5.41, 5.74) is 0.602. The predicted octanol–water partition coefficient (Wildman–Crippen LogP) is 3.33. The zero-order chi connectivity index (χ0) is 12.7. The molecule has 1 saturated carbocycles. The second-order valence-corrected chi connectivity index (χ2v) is 6.90. The van der Waals surface area contributed by atoms with Gasteiger partial charge in [-0.3, -0.25) is 0 Å². The van der Waals surface area contributed by atoms with Crippen LogP contribution < -0.4 is 10.6 Å². The first kappa shape index (κ1) is 14.3. The normalized spacial score (nSPS) is 28.2. The Hall–Kier alpha value is -0.0800. The van der Waals surface area contributed by atoms with Crippen molar-refractivity contribution in [3.63, 3.8) is 0 Å². The molecule has 0 bridgehead atoms. The van der Waals surface area contributed by atoms with Gasteiger partial charge in [-0.05, 0) is 69.5 Å². The summed E-state index contributed by atoms with van der Waals surface area (Å²) >= 11 is 0. The second-order valence-electron chi connectivity index (χ2n) is 6.90. The van der Waals surface area contributed by atoms with Crippen molar-refractivity contribution >= 4 is 0 Å². The van der Waals surface area contributed by atoms with E-state index in [1.165, 1.54) is 84.0 Å². The number of piperidine rings is 1. The quantitative estimate of drug-likeness (QED) is 0.709. The van der Waals surface area contributed by atoms with Gasteiger partial charge in [0.25, 0.3) is 0 Å². The van der Waals surface area contributed by atoms with Gasteiger partial charge in [0, 0.05) is 6.54 Å². The van der Waals surface area contributed by atoms with Crippen LogP contribution in [0.3, 0.4) is 0 Å². The van der Waals surface area contributed by atoms with E-state index in [9.17, 15) is 0 Å². The van der Waals surface area contributed by atoms with Crippen LogP contribution in [0.4, 0.5) is 0 Å². The van der Waals surface area contributed by atoms with Crippen LogP contribution in [0.5, 0.6) is 0 Å². The van der Waals surface area contributed by atoms with Crippen LogP contribution in [-0.4, -0.2) is 26.2 Å². The lowest BCUT2D eigenvalue weighted by molar-refractivity contribution is 0.207. The minimum absolute atomic E-state index is 0.602. The Balaban J connectivity index is 1.50. The van der Waals surface area contributed by atoms with Crippen LogP contribution in [0.2, 0.25) is 0 Å². The van der Waals surface area contributed by atoms with Crippen LogP contribution in [0.1, 0.15) is 64.7 Å². The zero-order valence-corrected chi connectivity index (χ0v) is 12.3. The molecule has 0 amide bonds. The fourth-order valence-electron chi connectivity index (χ4n) is 3.66. The Morgan fingerprint density at radius 1 is 1.17 bits per heavy atom. The molecule has 106 valence electrons. The number of hydrogen-bond acceptors (Lipinski definition) is 2. The van der Waals surface area contributed by atoms with E-state index in [-0.39, 0.29) is 0 Å². The summed E-state index contributed by atoms with van der Waals surface area (Å²) in [7, 11) is 0. The van der Waals surface area contributed by atoms with Gasteiger partial charge in [0.2, 0.25) is 0 Å². The molecule has 2 N–H and O–H groups in total. The maximum absolute atomic E-state index is 3.71. The van der Waals surface area contributed by atoms with Crippen molar-refractivity contribution in [3.8, 4) is 0 Å². The summed E-state index contributed by atoms with van der Waals surface area (Å²) in [6.45, 7) is 7.46. The molecule has 1 atom stereocenters. The highest BCUT2D eigenvalue weighted by atomic mass is 14.9. The van der Waals surface area contributed by atoms with Crippen molar-refractivity contribution in [1.82, 2.24) is 10.6 Å². The Labute approximate surface area is 113 Å². The van der Waals surface area contributed by atoms with Crippen LogP contribution >= 0.6 is 0 Å². The molecule has 2 fully saturated rings. The van der Waals surface area contributed by atoms with E-state index in [2.05, 4.69) is 17.6 Å². The maximum Gasteiger partial charge on any atom is 0.000516 e. The van der Waals surface area contributed by atoms with E-state index in [1.54, 1.807) is 0 Å². The summed E-state index contributed by atoms with van der Waals surface area (Å²) < 4.78 is 0. The average Bonchev–Trinajstić information content (AvgIpc) is 2.40. The van der Waals surface area contributed by atoms with Gasteiger partial charge in [-0.2, -0.15) is 0 Å². The van der Waals surface area contributed by atoms with E-state index in [1.807, 2.05) is 0 Å². The summed E-state index contributed by atoms with van der Waals surface area (Å²) in [6.07, 6.45) is 12.8. The first-order valence-electron chi connectivity index (χ1n) is 8.20. The SMILES string of the molecule is CC1(CNCCCC2CCCNC2)CCCCC1. The third kappa shape index (κ3) is 4.89. The molecule has 1 heterocycles. The van der Waals surface area contributed by atoms with E-state index in [0.717, 1.165) is 5.92 Å². The summed E-state index contributed by atoms with van der Waals surface area (Å²) in [4.78, 5) is 0. The molecule has 18 heavy (non-hydrogen) atoms. The third-order valence-corrected chi connectivity index (χ3v) is 4.98. The predicted molar refractivity (Wildman–Crippen MR) is 78.9 cm³/mol. The summed E-state index contributed by atoms with van der Waals surface area (Å²) in [5.74, 6) is 0.950. The fraction of sp³-hybridized carbons (Fsp3) is 1.00. The van der Waals surface area contributed by atoms with Gasteiger partial charge in [0.05, 0.1) is 0 Å². The van der Waals surface area contributed by atoms with Crippen LogP contribution in [-0.2, 0) is 0 Å². The van der Waals surface area contributed by atoms with E-state index in [4.69, 9.17) is 0 Å². The minimum Gasteiger partial charge on any atom is -0.316 e. The lowest BCUT2D eigenvalue weighted by atomic mass is 9.76. The minimum atomic E-state index is 0.602. The second kappa shape index (κ2) is 7.49. The topological polar surface area (TPSA) is 24.1 Å². The van der Waals surface area contributed by atoms with Gasteiger partial charge in [-0.1, -0.05) is 26.2 Å². The van der Waals surface area contributed by atoms with Gasteiger partial charge in [-0.25, -0.2) is 0 Å². The summed E-state index contributed by atoms with van der Waals surface area (Å²) in [6, 6.07) is 0. The first-order valence-corrected chi connectivity index (χ1v) is 8.20. The smallest absolute Gasteiger partial charge is 0.000516 e. The molecule has 1 aliphatic carbocycles. The maximum atomic E-state index is 3.71. The Morgan fingerprint density at radius 2 is 2.00 bits per heavy atom. The molecule has 2 rings (SSSR count). The highest BCUT2D eigenvalue weighted by molar-refractivity contribution is 4.80. The van der Waals surface area contributed by atoms with Crippen molar-refractivity contribution in [2.45, 2.75) is 64.7 Å². The number of nitrogens with one attached hydrogen (secondary N) is 2. The molecule has 2 heteroatoms. The molecule has 1 unspecified atom stereocenters. The largest absolute Gasteiger partial charge is 0.316 e. The van der Waals surface area contributed by atoms with Crippen molar-refractivity contribution < 1.29 is 0 Å². The average molecular weight is 252 g/mol. The Bertz CT molecular complexity index is 215. The Kier molecular flexibility index (Phi) is 5.97. The lowest BCUT2D eigenvalue weighted by Gasteiger charge is -2.34.